The summed E-state index contributed by atoms with van der Waals surface area (Å²) in [6, 6.07) is 0. The van der Waals surface area contributed by atoms with Crippen LogP contribution >= 0.6 is 0 Å². The highest BCUT2D eigenvalue weighted by atomic mass is 16.1. The van der Waals surface area contributed by atoms with Gasteiger partial charge in [0.05, 0.1) is 6.34 Å². The fraction of sp³-hybridized carbons (Fsp3) is 0.556. The van der Waals surface area contributed by atoms with Crippen LogP contribution in [-0.2, 0) is 10.3 Å². The Kier molecular flexibility index (Phi) is 5.87. The lowest BCUT2D eigenvalue weighted by molar-refractivity contribution is -0.121. The van der Waals surface area contributed by atoms with Crippen LogP contribution in [0.4, 0.5) is 5.82 Å². The third-order valence-electron chi connectivity index (χ3n) is 3.22. The third-order valence-corrected chi connectivity index (χ3v) is 3.22. The van der Waals surface area contributed by atoms with E-state index < -0.39 is 11.0 Å². The number of aromatic nitrogens is 2. The number of ketones is 1. The predicted octanol–water partition coefficient (Wildman–Crippen LogP) is 2.85. The number of carbonyl (C=O) groups is 1. The Labute approximate surface area is 143 Å². The molecular weight excluding hydrogens is 304 g/mol. The van der Waals surface area contributed by atoms with Gasteiger partial charge in [-0.2, -0.15) is 4.98 Å². The number of rotatable bonds is 4. The largest absolute Gasteiger partial charge is 0.369 e. The number of aliphatic imine (C=N–C) groups is 1. The molecule has 0 radical (unpaired) electrons. The molecule has 0 spiro atoms. The lowest BCUT2D eigenvalue weighted by Gasteiger charge is -2.22. The van der Waals surface area contributed by atoms with Crippen LogP contribution in [0.1, 0.15) is 47.1 Å². The van der Waals surface area contributed by atoms with Crippen molar-refractivity contribution in [3.63, 3.8) is 0 Å². The smallest absolute Gasteiger partial charge is 0.350 e. The van der Waals surface area contributed by atoms with Gasteiger partial charge in [0, 0.05) is 36.8 Å². The Balaban J connectivity index is 3.45. The first-order valence-corrected chi connectivity index (χ1v) is 7.89. The van der Waals surface area contributed by atoms with E-state index in [0.717, 1.165) is 0 Å². The molecule has 1 aromatic heterocycles. The molecule has 0 unspecified atom stereocenters. The Morgan fingerprint density at radius 2 is 1.79 bits per heavy atom. The number of hydrogen-bond donors (Lipinski definition) is 0. The van der Waals surface area contributed by atoms with Gasteiger partial charge in [-0.25, -0.2) is 9.79 Å². The first-order chi connectivity index (χ1) is 10.8. The molecule has 132 valence electrons. The highest BCUT2D eigenvalue weighted by Gasteiger charge is 2.20. The van der Waals surface area contributed by atoms with Crippen molar-refractivity contribution in [3.05, 3.63) is 28.3 Å². The highest BCUT2D eigenvalue weighted by Crippen LogP contribution is 2.21. The summed E-state index contributed by atoms with van der Waals surface area (Å²) >= 11 is 0. The lowest BCUT2D eigenvalue weighted by Crippen LogP contribution is -2.35. The maximum absolute atomic E-state index is 12.3. The normalized spacial score (nSPS) is 13.0. The first kappa shape index (κ1) is 19.8. The molecule has 0 saturated carbocycles. The molecule has 6 nitrogen and oxygen atoms in total. The van der Waals surface area contributed by atoms with Crippen LogP contribution in [0, 0.1) is 5.41 Å². The molecule has 0 aliphatic carbocycles. The topological polar surface area (TPSA) is 67.6 Å². The summed E-state index contributed by atoms with van der Waals surface area (Å²) in [6.07, 6.45) is 6.46. The molecule has 0 bridgehead atoms. The summed E-state index contributed by atoms with van der Waals surface area (Å²) in [7, 11) is 3.66. The van der Waals surface area contributed by atoms with Crippen LogP contribution in [0.3, 0.4) is 0 Å². The molecule has 0 aromatic carbocycles. The van der Waals surface area contributed by atoms with E-state index in [-0.39, 0.29) is 11.5 Å². The van der Waals surface area contributed by atoms with Gasteiger partial charge in [0.15, 0.2) is 11.6 Å². The van der Waals surface area contributed by atoms with Gasteiger partial charge in [0.25, 0.3) is 0 Å². The van der Waals surface area contributed by atoms with Crippen molar-refractivity contribution in [2.24, 2.45) is 10.4 Å². The summed E-state index contributed by atoms with van der Waals surface area (Å²) in [4.78, 5) is 34.5. The third kappa shape index (κ3) is 5.44. The predicted molar refractivity (Wildman–Crippen MR) is 98.8 cm³/mol. The minimum absolute atomic E-state index is 0.00134. The number of nitrogens with zero attached hydrogens (tertiary/aromatic N) is 4. The molecule has 0 atom stereocenters. The van der Waals surface area contributed by atoms with Crippen molar-refractivity contribution in [2.45, 2.75) is 47.1 Å². The second-order valence-corrected chi connectivity index (χ2v) is 8.00. The van der Waals surface area contributed by atoms with Gasteiger partial charge in [-0.15, -0.1) is 0 Å². The molecule has 0 aliphatic rings. The van der Waals surface area contributed by atoms with Crippen LogP contribution < -0.4 is 5.69 Å². The summed E-state index contributed by atoms with van der Waals surface area (Å²) in [5, 5.41) is 0. The second-order valence-electron chi connectivity index (χ2n) is 8.00. The molecule has 24 heavy (non-hydrogen) atoms. The quantitative estimate of drug-likeness (QED) is 0.483. The number of carbonyl (C=O) groups excluding carboxylic acids is 1. The van der Waals surface area contributed by atoms with Crippen LogP contribution in [-0.4, -0.2) is 40.7 Å². The maximum Gasteiger partial charge on any atom is 0.350 e. The van der Waals surface area contributed by atoms with Crippen LogP contribution in [0.15, 0.2) is 22.1 Å². The zero-order chi connectivity index (χ0) is 18.7. The van der Waals surface area contributed by atoms with Crippen LogP contribution in [0.25, 0.3) is 6.08 Å². The van der Waals surface area contributed by atoms with Crippen molar-refractivity contribution < 1.29 is 4.79 Å². The van der Waals surface area contributed by atoms with Crippen LogP contribution in [0.5, 0.6) is 0 Å². The van der Waals surface area contributed by atoms with Gasteiger partial charge in [-0.1, -0.05) is 20.8 Å². The molecule has 6 heteroatoms. The average molecular weight is 332 g/mol. The van der Waals surface area contributed by atoms with Crippen molar-refractivity contribution >= 4 is 24.0 Å². The standard InChI is InChI=1S/C18H28N4O2/c1-17(2,3)14(23)10-9-13-11-22(18(4,5)6)16(24)20-15(13)19-12-21(7)8/h9-12H,1-8H3/b10-9+,19-12?. The number of hydrogen-bond acceptors (Lipinski definition) is 4. The molecular formula is C18H28N4O2. The molecule has 0 N–H and O–H groups in total. The highest BCUT2D eigenvalue weighted by molar-refractivity contribution is 5.97. The van der Waals surface area contributed by atoms with E-state index in [9.17, 15) is 9.59 Å². The van der Waals surface area contributed by atoms with Gasteiger partial charge in [0.2, 0.25) is 0 Å². The fourth-order valence-electron chi connectivity index (χ4n) is 1.75. The van der Waals surface area contributed by atoms with E-state index >= 15 is 0 Å². The summed E-state index contributed by atoms with van der Waals surface area (Å²) in [5.74, 6) is 0.297. The Bertz CT molecular complexity index is 714. The molecule has 1 rings (SSSR count). The summed E-state index contributed by atoms with van der Waals surface area (Å²) in [6.45, 7) is 11.4. The zero-order valence-electron chi connectivity index (χ0n) is 15.9. The van der Waals surface area contributed by atoms with Crippen molar-refractivity contribution in [1.82, 2.24) is 14.5 Å². The maximum atomic E-state index is 12.3. The van der Waals surface area contributed by atoms with Gasteiger partial charge in [0.1, 0.15) is 0 Å². The fourth-order valence-corrected chi connectivity index (χ4v) is 1.75. The average Bonchev–Trinajstić information content (AvgIpc) is 2.40. The zero-order valence-corrected chi connectivity index (χ0v) is 15.9. The van der Waals surface area contributed by atoms with Crippen LogP contribution in [0.2, 0.25) is 0 Å². The van der Waals surface area contributed by atoms with E-state index in [0.29, 0.717) is 11.4 Å². The second kappa shape index (κ2) is 7.11. The lowest BCUT2D eigenvalue weighted by atomic mass is 9.90. The van der Waals surface area contributed by atoms with Crippen molar-refractivity contribution in [3.8, 4) is 0 Å². The van der Waals surface area contributed by atoms with E-state index in [2.05, 4.69) is 9.98 Å². The van der Waals surface area contributed by atoms with Gasteiger partial charge < -0.3 is 4.90 Å². The molecule has 0 amide bonds. The summed E-state index contributed by atoms with van der Waals surface area (Å²) < 4.78 is 1.54. The monoisotopic (exact) mass is 332 g/mol. The molecule has 0 aliphatic heterocycles. The molecule has 0 saturated heterocycles. The Hall–Kier alpha value is -2.24. The minimum Gasteiger partial charge on any atom is -0.369 e. The van der Waals surface area contributed by atoms with E-state index in [1.54, 1.807) is 28.1 Å². The Morgan fingerprint density at radius 1 is 1.21 bits per heavy atom. The van der Waals surface area contributed by atoms with E-state index in [1.165, 1.54) is 6.08 Å². The van der Waals surface area contributed by atoms with E-state index in [4.69, 9.17) is 0 Å². The van der Waals surface area contributed by atoms with E-state index in [1.807, 2.05) is 55.6 Å². The SMILES string of the molecule is CN(C)C=Nc1nc(=O)n(C(C)(C)C)cc1/C=C/C(=O)C(C)(C)C. The summed E-state index contributed by atoms with van der Waals surface area (Å²) in [5.41, 5.74) is -0.618. The van der Waals surface area contributed by atoms with Gasteiger partial charge in [-0.05, 0) is 32.9 Å². The molecule has 1 heterocycles. The molecule has 1 aromatic rings. The van der Waals surface area contributed by atoms with Gasteiger partial charge in [-0.3, -0.25) is 9.36 Å². The molecule has 0 fully saturated rings. The first-order valence-electron chi connectivity index (χ1n) is 7.89. The van der Waals surface area contributed by atoms with Crippen molar-refractivity contribution in [1.29, 1.82) is 0 Å². The Morgan fingerprint density at radius 3 is 2.25 bits per heavy atom. The number of allylic oxidation sites excluding steroid dienone is 1. The van der Waals surface area contributed by atoms with Crippen molar-refractivity contribution in [2.75, 3.05) is 14.1 Å². The minimum atomic E-state index is -0.463. The van der Waals surface area contributed by atoms with Gasteiger partial charge >= 0.3 is 5.69 Å².